The highest BCUT2D eigenvalue weighted by atomic mass is 32.2. The van der Waals surface area contributed by atoms with Gasteiger partial charge in [-0.3, -0.25) is 9.69 Å². The van der Waals surface area contributed by atoms with Gasteiger partial charge in [-0.05, 0) is 25.6 Å². The second-order valence-corrected chi connectivity index (χ2v) is 9.62. The number of aromatic amines is 1. The fourth-order valence-corrected chi connectivity index (χ4v) is 5.89. The molecule has 142 valence electrons. The molecular weight excluding hydrogens is 374 g/mol. The normalized spacial score (nSPS) is 19.5. The molecule has 2 N–H and O–H groups in total. The van der Waals surface area contributed by atoms with E-state index in [9.17, 15) is 13.2 Å². The van der Waals surface area contributed by atoms with Gasteiger partial charge in [0.05, 0.1) is 6.04 Å². The van der Waals surface area contributed by atoms with Crippen molar-refractivity contribution in [3.05, 3.63) is 35.2 Å². The maximum atomic E-state index is 13.0. The zero-order chi connectivity index (χ0) is 18.7. The van der Waals surface area contributed by atoms with E-state index in [2.05, 4.69) is 20.2 Å². The van der Waals surface area contributed by atoms with Crippen LogP contribution < -0.4 is 5.32 Å². The molecule has 2 aromatic heterocycles. The number of sulfonamides is 1. The van der Waals surface area contributed by atoms with E-state index in [1.54, 1.807) is 18.5 Å². The van der Waals surface area contributed by atoms with E-state index in [0.29, 0.717) is 36.8 Å². The molecule has 0 radical (unpaired) electrons. The monoisotopic (exact) mass is 397 g/mol. The van der Waals surface area contributed by atoms with Crippen molar-refractivity contribution in [3.63, 3.8) is 0 Å². The standard InChI is InChI=1S/C16H23N5O3S2/c1-12(22)17-6-5-13-3-4-15(25-13)26(23,24)21-10-9-20(2)14(11-21)16-18-7-8-19-16/h3-4,7-8,14H,5-6,9-11H2,1-2H3,(H,17,22)(H,18,19). The Morgan fingerprint density at radius 2 is 2.23 bits per heavy atom. The van der Waals surface area contributed by atoms with Gasteiger partial charge in [-0.2, -0.15) is 4.31 Å². The molecule has 1 atom stereocenters. The van der Waals surface area contributed by atoms with Gasteiger partial charge >= 0.3 is 0 Å². The molecule has 8 nitrogen and oxygen atoms in total. The lowest BCUT2D eigenvalue weighted by atomic mass is 10.2. The number of nitrogens with one attached hydrogen (secondary N) is 2. The number of imidazole rings is 1. The first-order valence-corrected chi connectivity index (χ1v) is 10.7. The van der Waals surface area contributed by atoms with Crippen LogP contribution in [0, 0.1) is 0 Å². The fraction of sp³-hybridized carbons (Fsp3) is 0.500. The number of piperazine rings is 1. The van der Waals surface area contributed by atoms with Crippen LogP contribution in [0.5, 0.6) is 0 Å². The largest absolute Gasteiger partial charge is 0.356 e. The third-order valence-corrected chi connectivity index (χ3v) is 7.90. The van der Waals surface area contributed by atoms with Gasteiger partial charge in [0.2, 0.25) is 5.91 Å². The number of amides is 1. The third kappa shape index (κ3) is 4.14. The first kappa shape index (κ1) is 19.0. The quantitative estimate of drug-likeness (QED) is 0.752. The molecule has 1 saturated heterocycles. The minimum Gasteiger partial charge on any atom is -0.356 e. The Balaban J connectivity index is 1.71. The van der Waals surface area contributed by atoms with Gasteiger partial charge in [0.15, 0.2) is 0 Å². The van der Waals surface area contributed by atoms with Crippen molar-refractivity contribution in [2.24, 2.45) is 0 Å². The van der Waals surface area contributed by atoms with Crippen LogP contribution in [-0.2, 0) is 21.2 Å². The van der Waals surface area contributed by atoms with Gasteiger partial charge in [0.25, 0.3) is 10.0 Å². The van der Waals surface area contributed by atoms with Crippen molar-refractivity contribution < 1.29 is 13.2 Å². The lowest BCUT2D eigenvalue weighted by Gasteiger charge is -2.37. The molecule has 0 aromatic carbocycles. The van der Waals surface area contributed by atoms with Crippen molar-refractivity contribution in [3.8, 4) is 0 Å². The van der Waals surface area contributed by atoms with E-state index in [0.717, 1.165) is 10.7 Å². The summed E-state index contributed by atoms with van der Waals surface area (Å²) >= 11 is 1.27. The van der Waals surface area contributed by atoms with Gasteiger partial charge in [0, 0.05) is 50.4 Å². The van der Waals surface area contributed by atoms with E-state index in [1.165, 1.54) is 22.6 Å². The SMILES string of the molecule is CC(=O)NCCc1ccc(S(=O)(=O)N2CCN(C)C(c3ncc[nH]3)C2)s1. The predicted molar refractivity (Wildman–Crippen MR) is 99.4 cm³/mol. The van der Waals surface area contributed by atoms with Crippen molar-refractivity contribution in [1.82, 2.24) is 24.5 Å². The molecule has 0 aliphatic carbocycles. The summed E-state index contributed by atoms with van der Waals surface area (Å²) in [7, 11) is -1.56. The van der Waals surface area contributed by atoms with Gasteiger partial charge in [-0.1, -0.05) is 0 Å². The van der Waals surface area contributed by atoms with E-state index in [1.807, 2.05) is 13.1 Å². The lowest BCUT2D eigenvalue weighted by Crippen LogP contribution is -2.49. The maximum Gasteiger partial charge on any atom is 0.252 e. The molecule has 2 aromatic rings. The highest BCUT2D eigenvalue weighted by Crippen LogP contribution is 2.29. The van der Waals surface area contributed by atoms with Crippen LogP contribution in [0.3, 0.4) is 0 Å². The number of rotatable bonds is 6. The number of nitrogens with zero attached hydrogens (tertiary/aromatic N) is 3. The Morgan fingerprint density at radius 1 is 1.42 bits per heavy atom. The summed E-state index contributed by atoms with van der Waals surface area (Å²) in [5.74, 6) is 0.686. The summed E-state index contributed by atoms with van der Waals surface area (Å²) in [6.45, 7) is 3.43. The van der Waals surface area contributed by atoms with Gasteiger partial charge in [-0.15, -0.1) is 11.3 Å². The summed E-state index contributed by atoms with van der Waals surface area (Å²) in [6.07, 6.45) is 4.05. The van der Waals surface area contributed by atoms with Gasteiger partial charge < -0.3 is 10.3 Å². The number of likely N-dealkylation sites (N-methyl/N-ethyl adjacent to an activating group) is 1. The Hall–Kier alpha value is -1.75. The first-order valence-electron chi connectivity index (χ1n) is 8.41. The molecule has 1 unspecified atom stereocenters. The molecule has 0 bridgehead atoms. The molecule has 1 aliphatic heterocycles. The summed E-state index contributed by atoms with van der Waals surface area (Å²) in [6, 6.07) is 3.38. The Kier molecular flexibility index (Phi) is 5.76. The molecule has 26 heavy (non-hydrogen) atoms. The van der Waals surface area contributed by atoms with E-state index in [4.69, 9.17) is 0 Å². The van der Waals surface area contributed by atoms with Crippen LogP contribution in [0.25, 0.3) is 0 Å². The maximum absolute atomic E-state index is 13.0. The van der Waals surface area contributed by atoms with Crippen LogP contribution >= 0.6 is 11.3 Å². The first-order chi connectivity index (χ1) is 12.4. The van der Waals surface area contributed by atoms with E-state index < -0.39 is 10.0 Å². The number of aromatic nitrogens is 2. The Morgan fingerprint density at radius 3 is 2.92 bits per heavy atom. The highest BCUT2D eigenvalue weighted by molar-refractivity contribution is 7.91. The average Bonchev–Trinajstić information content (AvgIpc) is 3.26. The smallest absolute Gasteiger partial charge is 0.252 e. The Bertz CT molecular complexity index is 847. The summed E-state index contributed by atoms with van der Waals surface area (Å²) in [5, 5.41) is 2.72. The van der Waals surface area contributed by atoms with E-state index >= 15 is 0 Å². The second-order valence-electron chi connectivity index (χ2n) is 6.29. The van der Waals surface area contributed by atoms with Crippen molar-refractivity contribution >= 4 is 27.3 Å². The molecule has 3 rings (SSSR count). The molecule has 3 heterocycles. The highest BCUT2D eigenvalue weighted by Gasteiger charge is 2.35. The van der Waals surface area contributed by atoms with Crippen LogP contribution in [0.2, 0.25) is 0 Å². The van der Waals surface area contributed by atoms with Crippen LogP contribution in [0.4, 0.5) is 0 Å². The second kappa shape index (κ2) is 7.87. The molecule has 1 amide bonds. The van der Waals surface area contributed by atoms with E-state index in [-0.39, 0.29) is 11.9 Å². The fourth-order valence-electron chi connectivity index (χ4n) is 2.94. The third-order valence-electron chi connectivity index (χ3n) is 4.42. The Labute approximate surface area is 157 Å². The summed E-state index contributed by atoms with van der Waals surface area (Å²) in [5.41, 5.74) is 0. The zero-order valence-electron chi connectivity index (χ0n) is 14.8. The minimum atomic E-state index is -3.53. The number of carbonyl (C=O) groups is 1. The molecule has 0 spiro atoms. The molecule has 10 heteroatoms. The summed E-state index contributed by atoms with van der Waals surface area (Å²) < 4.78 is 27.9. The average molecular weight is 398 g/mol. The predicted octanol–water partition coefficient (Wildman–Crippen LogP) is 0.827. The lowest BCUT2D eigenvalue weighted by molar-refractivity contribution is -0.118. The van der Waals surface area contributed by atoms with Gasteiger partial charge in [-0.25, -0.2) is 13.4 Å². The van der Waals surface area contributed by atoms with Crippen molar-refractivity contribution in [2.75, 3.05) is 33.2 Å². The topological polar surface area (TPSA) is 98.4 Å². The molecule has 1 aliphatic rings. The van der Waals surface area contributed by atoms with Crippen molar-refractivity contribution in [1.29, 1.82) is 0 Å². The number of H-pyrrole nitrogens is 1. The number of hydrogen-bond donors (Lipinski definition) is 2. The number of thiophene rings is 1. The zero-order valence-corrected chi connectivity index (χ0v) is 16.4. The summed E-state index contributed by atoms with van der Waals surface area (Å²) in [4.78, 5) is 21.3. The van der Waals surface area contributed by atoms with Crippen molar-refractivity contribution in [2.45, 2.75) is 23.6 Å². The van der Waals surface area contributed by atoms with Crippen LogP contribution in [-0.4, -0.2) is 66.7 Å². The molecular formula is C16H23N5O3S2. The van der Waals surface area contributed by atoms with Gasteiger partial charge in [0.1, 0.15) is 10.0 Å². The molecule has 0 saturated carbocycles. The van der Waals surface area contributed by atoms with Crippen LogP contribution in [0.1, 0.15) is 23.7 Å². The molecule has 1 fully saturated rings. The number of hydrogen-bond acceptors (Lipinski definition) is 6. The van der Waals surface area contributed by atoms with Crippen LogP contribution in [0.15, 0.2) is 28.7 Å². The minimum absolute atomic E-state index is 0.0872. The number of carbonyl (C=O) groups excluding carboxylic acids is 1.